The quantitative estimate of drug-likeness (QED) is 0.805. The van der Waals surface area contributed by atoms with Crippen LogP contribution in [-0.2, 0) is 16.1 Å². The number of carbonyl (C=O) groups excluding carboxylic acids is 1. The molecule has 3 aliphatic rings. The van der Waals surface area contributed by atoms with Gasteiger partial charge in [-0.05, 0) is 17.5 Å². The standard InChI is InChI=1S/C22H21NO2/c24-21-19-13-18-11-12-22(19,25-18)20(17-9-5-2-6-10-17)15-23(21)14-16-7-3-1-4-8-16/h1-12,18-20H,13-15H2. The van der Waals surface area contributed by atoms with Crippen LogP contribution in [0.5, 0.6) is 0 Å². The maximum absolute atomic E-state index is 13.2. The fourth-order valence-corrected chi connectivity index (χ4v) is 4.75. The molecule has 1 amide bonds. The second-order valence-corrected chi connectivity index (χ2v) is 7.32. The van der Waals surface area contributed by atoms with Crippen molar-refractivity contribution in [3.8, 4) is 0 Å². The summed E-state index contributed by atoms with van der Waals surface area (Å²) in [4.78, 5) is 15.2. The van der Waals surface area contributed by atoms with Gasteiger partial charge in [0.05, 0.1) is 12.0 Å². The van der Waals surface area contributed by atoms with Gasteiger partial charge in [-0.3, -0.25) is 4.79 Å². The van der Waals surface area contributed by atoms with Gasteiger partial charge in [0.2, 0.25) is 5.91 Å². The van der Waals surface area contributed by atoms with E-state index in [1.807, 2.05) is 29.2 Å². The van der Waals surface area contributed by atoms with E-state index in [0.717, 1.165) is 6.42 Å². The van der Waals surface area contributed by atoms with Crippen molar-refractivity contribution in [1.29, 1.82) is 0 Å². The molecule has 1 spiro atoms. The lowest BCUT2D eigenvalue weighted by molar-refractivity contribution is -0.149. The predicted octanol–water partition coefficient (Wildman–Crippen LogP) is 3.53. The lowest BCUT2D eigenvalue weighted by atomic mass is 9.68. The average Bonchev–Trinajstić information content (AvgIpc) is 3.25. The van der Waals surface area contributed by atoms with E-state index in [1.165, 1.54) is 11.1 Å². The van der Waals surface area contributed by atoms with Crippen LogP contribution in [-0.4, -0.2) is 29.1 Å². The van der Waals surface area contributed by atoms with Crippen molar-refractivity contribution in [1.82, 2.24) is 4.90 Å². The maximum Gasteiger partial charge on any atom is 0.229 e. The van der Waals surface area contributed by atoms with E-state index in [1.54, 1.807) is 0 Å². The molecule has 25 heavy (non-hydrogen) atoms. The summed E-state index contributed by atoms with van der Waals surface area (Å²) in [5.74, 6) is 0.358. The Morgan fingerprint density at radius 3 is 2.44 bits per heavy atom. The lowest BCUT2D eigenvalue weighted by Crippen LogP contribution is -2.56. The van der Waals surface area contributed by atoms with Crippen molar-refractivity contribution < 1.29 is 9.53 Å². The number of carbonyl (C=O) groups is 1. The maximum atomic E-state index is 13.2. The second kappa shape index (κ2) is 5.57. The van der Waals surface area contributed by atoms with E-state index in [9.17, 15) is 4.79 Å². The van der Waals surface area contributed by atoms with Crippen LogP contribution < -0.4 is 0 Å². The molecule has 0 N–H and O–H groups in total. The van der Waals surface area contributed by atoms with E-state index >= 15 is 0 Å². The third-order valence-electron chi connectivity index (χ3n) is 5.92. The third kappa shape index (κ3) is 2.26. The Hall–Kier alpha value is -2.39. The van der Waals surface area contributed by atoms with Crippen molar-refractivity contribution in [2.24, 2.45) is 5.92 Å². The highest BCUT2D eigenvalue weighted by Gasteiger charge is 2.61. The molecule has 0 aliphatic carbocycles. The minimum atomic E-state index is -0.448. The lowest BCUT2D eigenvalue weighted by Gasteiger charge is -2.46. The van der Waals surface area contributed by atoms with E-state index in [4.69, 9.17) is 4.74 Å². The SMILES string of the molecule is O=C1C2CC3C=CC2(O3)C(c2ccccc2)CN1Cc1ccccc1. The van der Waals surface area contributed by atoms with E-state index in [2.05, 4.69) is 48.6 Å². The van der Waals surface area contributed by atoms with Gasteiger partial charge in [-0.25, -0.2) is 0 Å². The molecule has 0 aromatic heterocycles. The van der Waals surface area contributed by atoms with Crippen molar-refractivity contribution in [2.45, 2.75) is 30.6 Å². The van der Waals surface area contributed by atoms with E-state index < -0.39 is 5.60 Å². The Bertz CT molecular complexity index is 816. The molecule has 2 aromatic carbocycles. The van der Waals surface area contributed by atoms with Crippen LogP contribution in [0.15, 0.2) is 72.8 Å². The number of nitrogens with zero attached hydrogens (tertiary/aromatic N) is 1. The number of likely N-dealkylation sites (tertiary alicyclic amines) is 1. The van der Waals surface area contributed by atoms with Crippen molar-refractivity contribution in [3.63, 3.8) is 0 Å². The summed E-state index contributed by atoms with van der Waals surface area (Å²) in [6.45, 7) is 1.37. The largest absolute Gasteiger partial charge is 0.362 e. The summed E-state index contributed by atoms with van der Waals surface area (Å²) in [5.41, 5.74) is 1.99. The number of ether oxygens (including phenoxy) is 1. The van der Waals surface area contributed by atoms with Crippen molar-refractivity contribution in [2.75, 3.05) is 6.54 Å². The van der Waals surface area contributed by atoms with Crippen LogP contribution in [0, 0.1) is 5.92 Å². The number of hydrogen-bond donors (Lipinski definition) is 0. The minimum absolute atomic E-state index is 0.0647. The zero-order valence-corrected chi connectivity index (χ0v) is 14.0. The van der Waals surface area contributed by atoms with Gasteiger partial charge in [0.25, 0.3) is 0 Å². The van der Waals surface area contributed by atoms with E-state index in [0.29, 0.717) is 13.1 Å². The van der Waals surface area contributed by atoms with Crippen LogP contribution in [0.3, 0.4) is 0 Å². The first-order valence-corrected chi connectivity index (χ1v) is 9.01. The molecular formula is C22H21NO2. The van der Waals surface area contributed by atoms with Crippen LogP contribution in [0.2, 0.25) is 0 Å². The molecule has 4 atom stereocenters. The molecule has 2 aromatic rings. The zero-order valence-electron chi connectivity index (χ0n) is 14.0. The van der Waals surface area contributed by atoms with Gasteiger partial charge in [-0.2, -0.15) is 0 Å². The molecule has 0 radical (unpaired) electrons. The summed E-state index contributed by atoms with van der Waals surface area (Å²) in [6.07, 6.45) is 5.22. The molecule has 126 valence electrons. The molecule has 3 nitrogen and oxygen atoms in total. The minimum Gasteiger partial charge on any atom is -0.362 e. The molecule has 3 heteroatoms. The smallest absolute Gasteiger partial charge is 0.229 e. The highest BCUT2D eigenvalue weighted by atomic mass is 16.5. The molecule has 0 saturated carbocycles. The van der Waals surface area contributed by atoms with Gasteiger partial charge >= 0.3 is 0 Å². The Morgan fingerprint density at radius 1 is 1.00 bits per heavy atom. The first-order chi connectivity index (χ1) is 12.3. The number of fused-ring (bicyclic) bond motifs is 1. The van der Waals surface area contributed by atoms with Crippen LogP contribution in [0.25, 0.3) is 0 Å². The normalized spacial score (nSPS) is 32.9. The van der Waals surface area contributed by atoms with Gasteiger partial charge in [-0.15, -0.1) is 0 Å². The average molecular weight is 331 g/mol. The third-order valence-corrected chi connectivity index (χ3v) is 5.92. The fraction of sp³-hybridized carbons (Fsp3) is 0.318. The second-order valence-electron chi connectivity index (χ2n) is 7.32. The highest BCUT2D eigenvalue weighted by Crippen LogP contribution is 2.54. The van der Waals surface area contributed by atoms with Crippen molar-refractivity contribution >= 4 is 5.91 Å². The Morgan fingerprint density at radius 2 is 1.72 bits per heavy atom. The molecule has 5 rings (SSSR count). The Balaban J connectivity index is 1.52. The highest BCUT2D eigenvalue weighted by molar-refractivity contribution is 5.83. The summed E-state index contributed by atoms with van der Waals surface area (Å²) in [7, 11) is 0. The number of rotatable bonds is 3. The van der Waals surface area contributed by atoms with Gasteiger partial charge in [0, 0.05) is 19.0 Å². The Labute approximate surface area is 147 Å². The fourth-order valence-electron chi connectivity index (χ4n) is 4.75. The van der Waals surface area contributed by atoms with Gasteiger partial charge in [0.1, 0.15) is 5.60 Å². The van der Waals surface area contributed by atoms with Crippen molar-refractivity contribution in [3.05, 3.63) is 83.9 Å². The molecule has 3 heterocycles. The van der Waals surface area contributed by atoms with Crippen LogP contribution in [0.4, 0.5) is 0 Å². The predicted molar refractivity (Wildman–Crippen MR) is 95.9 cm³/mol. The molecule has 3 aliphatic heterocycles. The molecule has 4 unspecified atom stereocenters. The molecule has 2 bridgehead atoms. The number of hydrogen-bond acceptors (Lipinski definition) is 2. The topological polar surface area (TPSA) is 29.5 Å². The van der Waals surface area contributed by atoms with Gasteiger partial charge in [0.15, 0.2) is 0 Å². The number of benzene rings is 2. The van der Waals surface area contributed by atoms with Crippen LogP contribution >= 0.6 is 0 Å². The zero-order chi connectivity index (χ0) is 16.9. The summed E-state index contributed by atoms with van der Waals surface area (Å²) >= 11 is 0. The number of piperidine rings is 1. The van der Waals surface area contributed by atoms with E-state index in [-0.39, 0.29) is 23.8 Å². The summed E-state index contributed by atoms with van der Waals surface area (Å²) < 4.78 is 6.34. The summed E-state index contributed by atoms with van der Waals surface area (Å²) in [5, 5.41) is 0. The first-order valence-electron chi connectivity index (χ1n) is 9.01. The Kier molecular flexibility index (Phi) is 3.32. The summed E-state index contributed by atoms with van der Waals surface area (Å²) in [6, 6.07) is 20.8. The van der Waals surface area contributed by atoms with Crippen LogP contribution in [0.1, 0.15) is 23.5 Å². The first kappa shape index (κ1) is 14.9. The monoisotopic (exact) mass is 331 g/mol. The van der Waals surface area contributed by atoms with Gasteiger partial charge < -0.3 is 9.64 Å². The molecular weight excluding hydrogens is 310 g/mol. The van der Waals surface area contributed by atoms with Gasteiger partial charge in [-0.1, -0.05) is 72.8 Å². The molecule has 2 fully saturated rings. The number of amides is 1. The molecule has 2 saturated heterocycles.